The standard InChI is InChI=1S/C14H19NO2/c1-10(15)14(6-7-14)12-4-2-11(3-5-12)13-8-16-9-17-13/h2-5,10,13H,6-9,15H2,1H3. The first kappa shape index (κ1) is 11.2. The molecule has 1 aromatic rings. The Morgan fingerprint density at radius 3 is 2.47 bits per heavy atom. The highest BCUT2D eigenvalue weighted by molar-refractivity contribution is 5.36. The van der Waals surface area contributed by atoms with E-state index in [1.807, 2.05) is 0 Å². The lowest BCUT2D eigenvalue weighted by molar-refractivity contribution is 0.0466. The third-order valence-corrected chi connectivity index (χ3v) is 4.14. The number of rotatable bonds is 3. The van der Waals surface area contributed by atoms with Gasteiger partial charge in [0.2, 0.25) is 0 Å². The average Bonchev–Trinajstić information content (AvgIpc) is 2.98. The smallest absolute Gasteiger partial charge is 0.147 e. The van der Waals surface area contributed by atoms with Crippen LogP contribution < -0.4 is 5.73 Å². The van der Waals surface area contributed by atoms with Crippen LogP contribution in [-0.4, -0.2) is 19.4 Å². The first-order valence-electron chi connectivity index (χ1n) is 6.28. The molecule has 2 fully saturated rings. The van der Waals surface area contributed by atoms with Crippen LogP contribution in [0.2, 0.25) is 0 Å². The van der Waals surface area contributed by atoms with E-state index in [-0.39, 0.29) is 17.6 Å². The second kappa shape index (κ2) is 4.09. The molecular formula is C14H19NO2. The van der Waals surface area contributed by atoms with Crippen molar-refractivity contribution in [2.75, 3.05) is 13.4 Å². The Labute approximate surface area is 102 Å². The monoisotopic (exact) mass is 233 g/mol. The quantitative estimate of drug-likeness (QED) is 0.869. The van der Waals surface area contributed by atoms with Crippen LogP contribution >= 0.6 is 0 Å². The predicted molar refractivity (Wildman–Crippen MR) is 65.6 cm³/mol. The minimum absolute atomic E-state index is 0.106. The van der Waals surface area contributed by atoms with Gasteiger partial charge in [-0.15, -0.1) is 0 Å². The normalized spacial score (nSPS) is 28.0. The largest absolute Gasteiger partial charge is 0.352 e. The number of ether oxygens (including phenoxy) is 2. The van der Waals surface area contributed by atoms with Crippen molar-refractivity contribution in [2.45, 2.75) is 37.3 Å². The maximum atomic E-state index is 6.08. The summed E-state index contributed by atoms with van der Waals surface area (Å²) in [6.07, 6.45) is 2.54. The second-order valence-electron chi connectivity index (χ2n) is 5.21. The molecule has 3 heteroatoms. The van der Waals surface area contributed by atoms with Crippen LogP contribution in [-0.2, 0) is 14.9 Å². The zero-order valence-electron chi connectivity index (χ0n) is 10.2. The number of hydrogen-bond acceptors (Lipinski definition) is 3. The van der Waals surface area contributed by atoms with Crippen molar-refractivity contribution < 1.29 is 9.47 Å². The maximum Gasteiger partial charge on any atom is 0.147 e. The van der Waals surface area contributed by atoms with Gasteiger partial charge in [0.1, 0.15) is 12.9 Å². The van der Waals surface area contributed by atoms with Crippen molar-refractivity contribution >= 4 is 0 Å². The van der Waals surface area contributed by atoms with Gasteiger partial charge in [-0.05, 0) is 30.9 Å². The van der Waals surface area contributed by atoms with Crippen molar-refractivity contribution in [2.24, 2.45) is 5.73 Å². The summed E-state index contributed by atoms with van der Waals surface area (Å²) in [5.41, 5.74) is 8.89. The lowest BCUT2D eigenvalue weighted by Crippen LogP contribution is -2.31. The Morgan fingerprint density at radius 2 is 2.00 bits per heavy atom. The van der Waals surface area contributed by atoms with Crippen molar-refractivity contribution in [1.82, 2.24) is 0 Å². The molecule has 1 saturated carbocycles. The molecule has 3 rings (SSSR count). The van der Waals surface area contributed by atoms with Crippen LogP contribution in [0.5, 0.6) is 0 Å². The lowest BCUT2D eigenvalue weighted by atomic mass is 9.88. The Morgan fingerprint density at radius 1 is 1.29 bits per heavy atom. The summed E-state index contributed by atoms with van der Waals surface area (Å²) in [5, 5.41) is 0. The van der Waals surface area contributed by atoms with E-state index in [1.54, 1.807) is 0 Å². The van der Waals surface area contributed by atoms with Crippen molar-refractivity contribution in [3.63, 3.8) is 0 Å². The molecule has 0 spiro atoms. The molecule has 2 N–H and O–H groups in total. The van der Waals surface area contributed by atoms with Crippen molar-refractivity contribution in [1.29, 1.82) is 0 Å². The van der Waals surface area contributed by atoms with Gasteiger partial charge in [0.25, 0.3) is 0 Å². The van der Waals surface area contributed by atoms with Gasteiger partial charge in [-0.25, -0.2) is 0 Å². The minimum atomic E-state index is 0.106. The van der Waals surface area contributed by atoms with Gasteiger partial charge in [0.05, 0.1) is 6.61 Å². The van der Waals surface area contributed by atoms with Crippen LogP contribution in [0.25, 0.3) is 0 Å². The highest BCUT2D eigenvalue weighted by Gasteiger charge is 2.47. The Bertz CT molecular complexity index is 389. The SMILES string of the molecule is CC(N)C1(c2ccc(C3COCO3)cc2)CC1. The van der Waals surface area contributed by atoms with E-state index in [0.29, 0.717) is 13.4 Å². The zero-order valence-corrected chi connectivity index (χ0v) is 10.2. The van der Waals surface area contributed by atoms with Gasteiger partial charge in [-0.3, -0.25) is 0 Å². The van der Waals surface area contributed by atoms with E-state index in [1.165, 1.54) is 24.0 Å². The van der Waals surface area contributed by atoms with Crippen molar-refractivity contribution in [3.05, 3.63) is 35.4 Å². The molecule has 0 aromatic heterocycles. The Kier molecular flexibility index (Phi) is 2.69. The molecule has 1 aliphatic heterocycles. The van der Waals surface area contributed by atoms with E-state index in [9.17, 15) is 0 Å². The summed E-state index contributed by atoms with van der Waals surface area (Å²) >= 11 is 0. The third-order valence-electron chi connectivity index (χ3n) is 4.14. The van der Waals surface area contributed by atoms with Crippen LogP contribution in [0.4, 0.5) is 0 Å². The molecule has 1 aromatic carbocycles. The lowest BCUT2D eigenvalue weighted by Gasteiger charge is -2.20. The molecule has 0 amide bonds. The Hall–Kier alpha value is -0.900. The van der Waals surface area contributed by atoms with Gasteiger partial charge in [0, 0.05) is 11.5 Å². The highest BCUT2D eigenvalue weighted by Crippen LogP contribution is 2.50. The predicted octanol–water partition coefficient (Wildman–Crippen LogP) is 2.11. The van der Waals surface area contributed by atoms with Gasteiger partial charge in [0.15, 0.2) is 0 Å². The molecule has 2 unspecified atom stereocenters. The van der Waals surface area contributed by atoms with Crippen LogP contribution in [0.15, 0.2) is 24.3 Å². The second-order valence-corrected chi connectivity index (χ2v) is 5.21. The van der Waals surface area contributed by atoms with Gasteiger partial charge >= 0.3 is 0 Å². The Balaban J connectivity index is 1.80. The van der Waals surface area contributed by atoms with Crippen LogP contribution in [0.1, 0.15) is 37.0 Å². The summed E-state index contributed by atoms with van der Waals surface area (Å²) in [6.45, 7) is 3.18. The molecule has 1 saturated heterocycles. The van der Waals surface area contributed by atoms with Crippen molar-refractivity contribution in [3.8, 4) is 0 Å². The maximum absolute atomic E-state index is 6.08. The summed E-state index contributed by atoms with van der Waals surface area (Å²) in [4.78, 5) is 0. The molecule has 0 bridgehead atoms. The summed E-state index contributed by atoms with van der Waals surface area (Å²) < 4.78 is 10.7. The van der Waals surface area contributed by atoms with Gasteiger partial charge < -0.3 is 15.2 Å². The zero-order chi connectivity index (χ0) is 11.9. The number of hydrogen-bond donors (Lipinski definition) is 1. The van der Waals surface area contributed by atoms with Crippen LogP contribution in [0, 0.1) is 0 Å². The minimum Gasteiger partial charge on any atom is -0.352 e. The molecule has 1 aliphatic carbocycles. The molecule has 2 aliphatic rings. The van der Waals surface area contributed by atoms with E-state index < -0.39 is 0 Å². The summed E-state index contributed by atoms with van der Waals surface area (Å²) in [7, 11) is 0. The van der Waals surface area contributed by atoms with Gasteiger partial charge in [-0.2, -0.15) is 0 Å². The first-order chi connectivity index (χ1) is 8.22. The average molecular weight is 233 g/mol. The molecule has 0 radical (unpaired) electrons. The van der Waals surface area contributed by atoms with E-state index in [2.05, 4.69) is 31.2 Å². The fraction of sp³-hybridized carbons (Fsp3) is 0.571. The summed E-state index contributed by atoms with van der Waals surface area (Å²) in [6, 6.07) is 8.94. The van der Waals surface area contributed by atoms with Gasteiger partial charge in [-0.1, -0.05) is 24.3 Å². The molecule has 2 atom stereocenters. The van der Waals surface area contributed by atoms with Crippen LogP contribution in [0.3, 0.4) is 0 Å². The number of benzene rings is 1. The van der Waals surface area contributed by atoms with E-state index in [0.717, 1.165) is 0 Å². The third kappa shape index (κ3) is 1.88. The molecule has 92 valence electrons. The fourth-order valence-corrected chi connectivity index (χ4v) is 2.70. The fourth-order valence-electron chi connectivity index (χ4n) is 2.70. The summed E-state index contributed by atoms with van der Waals surface area (Å²) in [5.74, 6) is 0. The molecule has 1 heterocycles. The van der Waals surface area contributed by atoms with E-state index in [4.69, 9.17) is 15.2 Å². The molecular weight excluding hydrogens is 214 g/mol. The topological polar surface area (TPSA) is 44.5 Å². The first-order valence-corrected chi connectivity index (χ1v) is 6.28. The highest BCUT2D eigenvalue weighted by atomic mass is 16.7. The number of nitrogens with two attached hydrogens (primary N) is 1. The molecule has 17 heavy (non-hydrogen) atoms. The van der Waals surface area contributed by atoms with E-state index >= 15 is 0 Å². The molecule has 3 nitrogen and oxygen atoms in total.